The molecule has 2 aromatic heterocycles. The monoisotopic (exact) mass is 464 g/mol. The number of rotatable bonds is 3. The minimum Gasteiger partial charge on any atom is -0.265 e. The maximum absolute atomic E-state index is 4.16. The third-order valence-electron chi connectivity index (χ3n) is 4.25. The maximum Gasteiger partial charge on any atom is 0.0408 e. The van der Waals surface area contributed by atoms with E-state index in [1.54, 1.807) is 0 Å². The van der Waals surface area contributed by atoms with Crippen LogP contribution in [0, 0.1) is 0 Å². The average molecular weight is 466 g/mol. The van der Waals surface area contributed by atoms with Gasteiger partial charge in [0.05, 0.1) is 0 Å². The van der Waals surface area contributed by atoms with Gasteiger partial charge in [0.2, 0.25) is 0 Å². The molecule has 4 heteroatoms. The van der Waals surface area contributed by atoms with Crippen molar-refractivity contribution in [3.63, 3.8) is 0 Å². The zero-order chi connectivity index (χ0) is 17.9. The van der Waals surface area contributed by atoms with Crippen molar-refractivity contribution in [2.24, 2.45) is 0 Å². The molecule has 0 saturated heterocycles. The van der Waals surface area contributed by atoms with Crippen LogP contribution in [0.3, 0.4) is 0 Å². The van der Waals surface area contributed by atoms with Crippen LogP contribution >= 0.6 is 31.9 Å². The Labute approximate surface area is 169 Å². The Morgan fingerprint density at radius 2 is 1.08 bits per heavy atom. The molecule has 0 radical (unpaired) electrons. The van der Waals surface area contributed by atoms with Crippen LogP contribution in [0.25, 0.3) is 33.4 Å². The van der Waals surface area contributed by atoms with Crippen molar-refractivity contribution in [2.75, 3.05) is 0 Å². The molecule has 26 heavy (non-hydrogen) atoms. The summed E-state index contributed by atoms with van der Waals surface area (Å²) in [6.07, 6.45) is 7.28. The molecule has 2 heterocycles. The van der Waals surface area contributed by atoms with Gasteiger partial charge < -0.3 is 0 Å². The van der Waals surface area contributed by atoms with Gasteiger partial charge in [0, 0.05) is 39.3 Å². The van der Waals surface area contributed by atoms with Crippen LogP contribution in [0.15, 0.2) is 94.4 Å². The van der Waals surface area contributed by atoms with Gasteiger partial charge in [0.1, 0.15) is 0 Å². The van der Waals surface area contributed by atoms with E-state index < -0.39 is 0 Å². The van der Waals surface area contributed by atoms with Crippen molar-refractivity contribution >= 4 is 31.9 Å². The molecule has 0 N–H and O–H groups in total. The molecule has 0 aliphatic rings. The number of halogens is 2. The SMILES string of the molecule is Brc1c(-c2ccccc2)cc(-c2ccncc2)c(-c2ccncc2)c1Br. The number of aromatic nitrogens is 2. The van der Waals surface area contributed by atoms with Gasteiger partial charge >= 0.3 is 0 Å². The van der Waals surface area contributed by atoms with Gasteiger partial charge in [-0.1, -0.05) is 30.3 Å². The van der Waals surface area contributed by atoms with Crippen molar-refractivity contribution in [3.8, 4) is 33.4 Å². The van der Waals surface area contributed by atoms with E-state index in [4.69, 9.17) is 0 Å². The highest BCUT2D eigenvalue weighted by atomic mass is 79.9. The predicted molar refractivity (Wildman–Crippen MR) is 114 cm³/mol. The molecule has 4 rings (SSSR count). The smallest absolute Gasteiger partial charge is 0.0408 e. The molecule has 4 aromatic rings. The van der Waals surface area contributed by atoms with Crippen LogP contribution in [-0.4, -0.2) is 9.97 Å². The van der Waals surface area contributed by atoms with Crippen molar-refractivity contribution in [2.45, 2.75) is 0 Å². The first-order valence-electron chi connectivity index (χ1n) is 8.14. The van der Waals surface area contributed by atoms with Crippen LogP contribution in [0.4, 0.5) is 0 Å². The minimum atomic E-state index is 1.02. The van der Waals surface area contributed by atoms with Gasteiger partial charge in [-0.05, 0) is 90.0 Å². The molecular weight excluding hydrogens is 452 g/mol. The van der Waals surface area contributed by atoms with Crippen LogP contribution in [-0.2, 0) is 0 Å². The summed E-state index contributed by atoms with van der Waals surface area (Å²) in [5.41, 5.74) is 6.81. The Bertz CT molecular complexity index is 1030. The second-order valence-electron chi connectivity index (χ2n) is 5.81. The zero-order valence-electron chi connectivity index (χ0n) is 13.7. The average Bonchev–Trinajstić information content (AvgIpc) is 2.72. The molecule has 0 fully saturated rings. The number of pyridine rings is 2. The second kappa shape index (κ2) is 7.52. The summed E-state index contributed by atoms with van der Waals surface area (Å²) in [5.74, 6) is 0. The third-order valence-corrected chi connectivity index (χ3v) is 6.40. The molecular formula is C22H14Br2N2. The van der Waals surface area contributed by atoms with E-state index in [1.807, 2.05) is 55.1 Å². The molecule has 2 nitrogen and oxygen atoms in total. The standard InChI is InChI=1S/C22H14Br2N2/c23-21-19(15-4-2-1-3-5-15)14-18(16-6-10-25-11-7-16)20(22(21)24)17-8-12-26-13-9-17/h1-14H. The molecule has 0 amide bonds. The summed E-state index contributed by atoms with van der Waals surface area (Å²) >= 11 is 7.63. The van der Waals surface area contributed by atoms with Gasteiger partial charge in [-0.2, -0.15) is 0 Å². The zero-order valence-corrected chi connectivity index (χ0v) is 16.9. The number of nitrogens with zero attached hydrogens (tertiary/aromatic N) is 2. The lowest BCUT2D eigenvalue weighted by Crippen LogP contribution is -1.92. The Morgan fingerprint density at radius 1 is 0.538 bits per heavy atom. The molecule has 0 aliphatic heterocycles. The summed E-state index contributed by atoms with van der Waals surface area (Å²) in [4.78, 5) is 8.32. The molecule has 0 spiro atoms. The largest absolute Gasteiger partial charge is 0.265 e. The lowest BCUT2D eigenvalue weighted by atomic mass is 9.92. The quantitative estimate of drug-likeness (QED) is 0.325. The first-order chi connectivity index (χ1) is 12.8. The maximum atomic E-state index is 4.16. The molecule has 0 bridgehead atoms. The lowest BCUT2D eigenvalue weighted by molar-refractivity contribution is 1.32. The highest BCUT2D eigenvalue weighted by Crippen LogP contribution is 2.46. The van der Waals surface area contributed by atoms with Crippen LogP contribution in [0.2, 0.25) is 0 Å². The van der Waals surface area contributed by atoms with E-state index in [2.05, 4.69) is 72.2 Å². The number of hydrogen-bond acceptors (Lipinski definition) is 2. The van der Waals surface area contributed by atoms with Crippen molar-refractivity contribution < 1.29 is 0 Å². The Hall–Kier alpha value is -2.30. The van der Waals surface area contributed by atoms with Crippen molar-refractivity contribution in [1.29, 1.82) is 0 Å². The van der Waals surface area contributed by atoms with Crippen molar-refractivity contribution in [1.82, 2.24) is 9.97 Å². The van der Waals surface area contributed by atoms with E-state index >= 15 is 0 Å². The fraction of sp³-hybridized carbons (Fsp3) is 0. The molecule has 2 aromatic carbocycles. The van der Waals surface area contributed by atoms with E-state index in [-0.39, 0.29) is 0 Å². The van der Waals surface area contributed by atoms with E-state index in [1.165, 1.54) is 0 Å². The highest BCUT2D eigenvalue weighted by Gasteiger charge is 2.18. The van der Waals surface area contributed by atoms with Gasteiger partial charge in [-0.25, -0.2) is 0 Å². The molecule has 0 saturated carbocycles. The first kappa shape index (κ1) is 17.1. The summed E-state index contributed by atoms with van der Waals surface area (Å²) in [7, 11) is 0. The van der Waals surface area contributed by atoms with Crippen molar-refractivity contribution in [3.05, 3.63) is 94.4 Å². The topological polar surface area (TPSA) is 25.8 Å². The third kappa shape index (κ3) is 3.22. The van der Waals surface area contributed by atoms with E-state index in [0.29, 0.717) is 0 Å². The van der Waals surface area contributed by atoms with Crippen LogP contribution in [0.5, 0.6) is 0 Å². The highest BCUT2D eigenvalue weighted by molar-refractivity contribution is 9.13. The van der Waals surface area contributed by atoms with Crippen LogP contribution in [0.1, 0.15) is 0 Å². The molecule has 0 unspecified atom stereocenters. The summed E-state index contributed by atoms with van der Waals surface area (Å²) in [5, 5.41) is 0. The molecule has 0 aliphatic carbocycles. The van der Waals surface area contributed by atoms with E-state index in [9.17, 15) is 0 Å². The Morgan fingerprint density at radius 3 is 1.69 bits per heavy atom. The molecule has 126 valence electrons. The normalized spacial score (nSPS) is 10.7. The summed E-state index contributed by atoms with van der Waals surface area (Å²) in [6.45, 7) is 0. The van der Waals surface area contributed by atoms with Gasteiger partial charge in [0.15, 0.2) is 0 Å². The number of benzene rings is 2. The Balaban J connectivity index is 2.05. The minimum absolute atomic E-state index is 1.02. The summed E-state index contributed by atoms with van der Waals surface area (Å²) < 4.78 is 2.06. The Kier molecular flexibility index (Phi) is 4.96. The second-order valence-corrected chi connectivity index (χ2v) is 7.40. The summed E-state index contributed by atoms with van der Waals surface area (Å²) in [6, 6.07) is 20.7. The number of hydrogen-bond donors (Lipinski definition) is 0. The fourth-order valence-corrected chi connectivity index (χ4v) is 4.21. The van der Waals surface area contributed by atoms with Gasteiger partial charge in [-0.3, -0.25) is 9.97 Å². The van der Waals surface area contributed by atoms with Crippen LogP contribution < -0.4 is 0 Å². The van der Waals surface area contributed by atoms with Gasteiger partial charge in [0.25, 0.3) is 0 Å². The lowest BCUT2D eigenvalue weighted by Gasteiger charge is -2.17. The molecule has 0 atom stereocenters. The van der Waals surface area contributed by atoms with E-state index in [0.717, 1.165) is 42.3 Å². The van der Waals surface area contributed by atoms with Gasteiger partial charge in [-0.15, -0.1) is 0 Å². The first-order valence-corrected chi connectivity index (χ1v) is 9.72. The fourth-order valence-electron chi connectivity index (χ4n) is 3.01. The predicted octanol–water partition coefficient (Wildman–Crippen LogP) is 7.00.